The van der Waals surface area contributed by atoms with E-state index in [4.69, 9.17) is 0 Å². The van der Waals surface area contributed by atoms with Gasteiger partial charge in [0.1, 0.15) is 0 Å². The Bertz CT molecular complexity index is 431. The molecule has 0 bridgehead atoms. The Balaban J connectivity index is 1.80. The standard InChI is InChI=1S/C19H26/c1-6-12-18-15(7-1)13-14-19(18,16-8-2-3-9-16)17-10-4-5-11-17/h1,6-7,12,16-17H,2-5,8-11,13-14H2. The summed E-state index contributed by atoms with van der Waals surface area (Å²) >= 11 is 0. The summed E-state index contributed by atoms with van der Waals surface area (Å²) in [7, 11) is 0. The first-order valence-corrected chi connectivity index (χ1v) is 8.49. The molecule has 0 aromatic heterocycles. The summed E-state index contributed by atoms with van der Waals surface area (Å²) < 4.78 is 0. The van der Waals surface area contributed by atoms with Crippen LogP contribution in [0.2, 0.25) is 0 Å². The van der Waals surface area contributed by atoms with Crippen LogP contribution in [0.15, 0.2) is 24.3 Å². The predicted molar refractivity (Wildman–Crippen MR) is 80.4 cm³/mol. The van der Waals surface area contributed by atoms with Crippen molar-refractivity contribution in [2.24, 2.45) is 11.8 Å². The fourth-order valence-corrected chi connectivity index (χ4v) is 5.73. The molecular weight excluding hydrogens is 228 g/mol. The van der Waals surface area contributed by atoms with Crippen molar-refractivity contribution in [2.45, 2.75) is 69.6 Å². The molecule has 102 valence electrons. The summed E-state index contributed by atoms with van der Waals surface area (Å²) in [6.45, 7) is 0. The lowest BCUT2D eigenvalue weighted by atomic mass is 9.61. The Morgan fingerprint density at radius 3 is 2.00 bits per heavy atom. The minimum absolute atomic E-state index is 0.587. The van der Waals surface area contributed by atoms with Gasteiger partial charge in [0.25, 0.3) is 0 Å². The zero-order chi connectivity index (χ0) is 12.7. The van der Waals surface area contributed by atoms with Gasteiger partial charge in [0.05, 0.1) is 0 Å². The van der Waals surface area contributed by atoms with Crippen LogP contribution >= 0.6 is 0 Å². The van der Waals surface area contributed by atoms with Crippen LogP contribution in [0, 0.1) is 11.8 Å². The van der Waals surface area contributed by atoms with Gasteiger partial charge >= 0.3 is 0 Å². The maximum Gasteiger partial charge on any atom is 0.00153 e. The normalized spacial score (nSPS) is 26.9. The van der Waals surface area contributed by atoms with Gasteiger partial charge in [-0.15, -0.1) is 0 Å². The van der Waals surface area contributed by atoms with Crippen molar-refractivity contribution in [3.63, 3.8) is 0 Å². The summed E-state index contributed by atoms with van der Waals surface area (Å²) in [4.78, 5) is 0. The Morgan fingerprint density at radius 1 is 0.789 bits per heavy atom. The van der Waals surface area contributed by atoms with E-state index in [-0.39, 0.29) is 0 Å². The van der Waals surface area contributed by atoms with Crippen LogP contribution in [0.1, 0.15) is 68.9 Å². The van der Waals surface area contributed by atoms with Gasteiger partial charge in [0.2, 0.25) is 0 Å². The number of rotatable bonds is 2. The molecule has 0 saturated heterocycles. The maximum atomic E-state index is 2.49. The SMILES string of the molecule is c1ccc2c(c1)CCC2(C1CCCC1)C1CCCC1. The van der Waals surface area contributed by atoms with E-state index in [1.165, 1.54) is 64.2 Å². The average Bonchev–Trinajstić information content (AvgIpc) is 3.19. The number of benzene rings is 1. The topological polar surface area (TPSA) is 0 Å². The third-order valence-electron chi connectivity index (χ3n) is 6.49. The second-order valence-corrected chi connectivity index (χ2v) is 7.16. The summed E-state index contributed by atoms with van der Waals surface area (Å²) in [5.41, 5.74) is 4.04. The zero-order valence-corrected chi connectivity index (χ0v) is 12.0. The highest BCUT2D eigenvalue weighted by Crippen LogP contribution is 2.57. The van der Waals surface area contributed by atoms with Gasteiger partial charge in [-0.2, -0.15) is 0 Å². The molecule has 0 heteroatoms. The number of aryl methyl sites for hydroxylation is 1. The first kappa shape index (κ1) is 12.0. The molecule has 0 spiro atoms. The van der Waals surface area contributed by atoms with Crippen LogP contribution in [0.4, 0.5) is 0 Å². The van der Waals surface area contributed by atoms with Crippen molar-refractivity contribution in [3.8, 4) is 0 Å². The second kappa shape index (κ2) is 4.65. The van der Waals surface area contributed by atoms with E-state index < -0.39 is 0 Å². The van der Waals surface area contributed by atoms with Gasteiger partial charge in [-0.05, 0) is 61.5 Å². The fraction of sp³-hybridized carbons (Fsp3) is 0.684. The minimum atomic E-state index is 0.587. The smallest absolute Gasteiger partial charge is 0.00153 e. The highest BCUT2D eigenvalue weighted by molar-refractivity contribution is 5.41. The van der Waals surface area contributed by atoms with Crippen molar-refractivity contribution in [2.75, 3.05) is 0 Å². The summed E-state index contributed by atoms with van der Waals surface area (Å²) in [5, 5.41) is 0. The lowest BCUT2D eigenvalue weighted by Gasteiger charge is -2.42. The van der Waals surface area contributed by atoms with E-state index >= 15 is 0 Å². The zero-order valence-electron chi connectivity index (χ0n) is 12.0. The van der Waals surface area contributed by atoms with Crippen LogP contribution in [-0.2, 0) is 11.8 Å². The highest BCUT2D eigenvalue weighted by Gasteiger charge is 2.50. The Hall–Kier alpha value is -0.780. The number of hydrogen-bond donors (Lipinski definition) is 0. The molecule has 2 fully saturated rings. The van der Waals surface area contributed by atoms with Crippen LogP contribution < -0.4 is 0 Å². The number of hydrogen-bond acceptors (Lipinski definition) is 0. The third-order valence-corrected chi connectivity index (χ3v) is 6.49. The molecule has 19 heavy (non-hydrogen) atoms. The molecule has 0 radical (unpaired) electrons. The summed E-state index contributed by atoms with van der Waals surface area (Å²) in [5.74, 6) is 2.00. The molecule has 3 aliphatic carbocycles. The third kappa shape index (κ3) is 1.72. The van der Waals surface area contributed by atoms with Crippen LogP contribution in [0.3, 0.4) is 0 Å². The van der Waals surface area contributed by atoms with E-state index in [9.17, 15) is 0 Å². The molecule has 4 rings (SSSR count). The second-order valence-electron chi connectivity index (χ2n) is 7.16. The van der Waals surface area contributed by atoms with Gasteiger partial charge in [-0.1, -0.05) is 49.9 Å². The van der Waals surface area contributed by atoms with Crippen molar-refractivity contribution in [1.82, 2.24) is 0 Å². The molecule has 2 saturated carbocycles. The minimum Gasteiger partial charge on any atom is -0.0620 e. The van der Waals surface area contributed by atoms with Crippen molar-refractivity contribution < 1.29 is 0 Å². The van der Waals surface area contributed by atoms with E-state index in [0.29, 0.717) is 5.41 Å². The molecule has 0 N–H and O–H groups in total. The van der Waals surface area contributed by atoms with Crippen LogP contribution in [-0.4, -0.2) is 0 Å². The molecule has 0 atom stereocenters. The molecule has 0 unspecified atom stereocenters. The van der Waals surface area contributed by atoms with Crippen LogP contribution in [0.5, 0.6) is 0 Å². The van der Waals surface area contributed by atoms with Crippen LogP contribution in [0.25, 0.3) is 0 Å². The molecule has 0 nitrogen and oxygen atoms in total. The molecule has 1 aromatic rings. The predicted octanol–water partition coefficient (Wildman–Crippen LogP) is 5.25. The fourth-order valence-electron chi connectivity index (χ4n) is 5.73. The maximum absolute atomic E-state index is 2.49. The molecule has 0 heterocycles. The average molecular weight is 254 g/mol. The first-order valence-electron chi connectivity index (χ1n) is 8.49. The lowest BCUT2D eigenvalue weighted by Crippen LogP contribution is -2.38. The monoisotopic (exact) mass is 254 g/mol. The lowest BCUT2D eigenvalue weighted by molar-refractivity contribution is 0.170. The molecule has 0 amide bonds. The van der Waals surface area contributed by atoms with E-state index in [1.807, 2.05) is 0 Å². The van der Waals surface area contributed by atoms with Crippen molar-refractivity contribution in [3.05, 3.63) is 35.4 Å². The van der Waals surface area contributed by atoms with E-state index in [1.54, 1.807) is 11.1 Å². The van der Waals surface area contributed by atoms with Crippen molar-refractivity contribution in [1.29, 1.82) is 0 Å². The summed E-state index contributed by atoms with van der Waals surface area (Å²) in [6.07, 6.45) is 14.8. The molecule has 0 aliphatic heterocycles. The van der Waals surface area contributed by atoms with Gasteiger partial charge in [0, 0.05) is 5.41 Å². The van der Waals surface area contributed by atoms with Gasteiger partial charge < -0.3 is 0 Å². The quantitative estimate of drug-likeness (QED) is 0.676. The van der Waals surface area contributed by atoms with Gasteiger partial charge in [0.15, 0.2) is 0 Å². The molecule has 1 aromatic carbocycles. The van der Waals surface area contributed by atoms with E-state index in [0.717, 1.165) is 11.8 Å². The van der Waals surface area contributed by atoms with Gasteiger partial charge in [-0.3, -0.25) is 0 Å². The number of fused-ring (bicyclic) bond motifs is 1. The highest BCUT2D eigenvalue weighted by atomic mass is 14.5. The summed E-state index contributed by atoms with van der Waals surface area (Å²) in [6, 6.07) is 9.43. The van der Waals surface area contributed by atoms with E-state index in [2.05, 4.69) is 24.3 Å². The Labute approximate surface area is 117 Å². The molecule has 3 aliphatic rings. The Morgan fingerprint density at radius 2 is 1.37 bits per heavy atom. The Kier molecular flexibility index (Phi) is 2.94. The van der Waals surface area contributed by atoms with Crippen molar-refractivity contribution >= 4 is 0 Å². The first-order chi connectivity index (χ1) is 9.41. The van der Waals surface area contributed by atoms with Gasteiger partial charge in [-0.25, -0.2) is 0 Å². The largest absolute Gasteiger partial charge is 0.0620 e. The molecular formula is C19H26.